The van der Waals surface area contributed by atoms with Crippen LogP contribution in [0.4, 0.5) is 4.39 Å². The summed E-state index contributed by atoms with van der Waals surface area (Å²) in [4.78, 5) is 4.09. The highest BCUT2D eigenvalue weighted by molar-refractivity contribution is 5.85. The van der Waals surface area contributed by atoms with Crippen molar-refractivity contribution in [2.75, 3.05) is 19.7 Å². The number of alkyl halides is 1. The topological polar surface area (TPSA) is 47.3 Å². The predicted molar refractivity (Wildman–Crippen MR) is 48.1 cm³/mol. The average molecular weight is 209 g/mol. The predicted octanol–water partition coefficient (Wildman–Crippen LogP) is 0.668. The standard InChI is InChI=1S/C5H13FN2O.2ClH/c1-2-8-3-5(6)4-9-7;;/h5,8H,2-4,7H2,1H3;2*1H. The first-order valence-electron chi connectivity index (χ1n) is 2.97. The minimum absolute atomic E-state index is 0. The summed E-state index contributed by atoms with van der Waals surface area (Å²) in [6.07, 6.45) is -0.991. The molecule has 3 N–H and O–H groups in total. The van der Waals surface area contributed by atoms with Crippen LogP contribution in [0.25, 0.3) is 0 Å². The first kappa shape index (κ1) is 17.5. The Balaban J connectivity index is -0.000000320. The molecule has 0 aliphatic heterocycles. The van der Waals surface area contributed by atoms with Gasteiger partial charge in [0.2, 0.25) is 0 Å². The molecule has 0 radical (unpaired) electrons. The Bertz CT molecular complexity index is 70.4. The molecule has 0 saturated carbocycles. The van der Waals surface area contributed by atoms with Gasteiger partial charge in [-0.3, -0.25) is 0 Å². The zero-order valence-electron chi connectivity index (χ0n) is 6.38. The van der Waals surface area contributed by atoms with Crippen molar-refractivity contribution >= 4 is 24.8 Å². The summed E-state index contributed by atoms with van der Waals surface area (Å²) in [7, 11) is 0. The van der Waals surface area contributed by atoms with Gasteiger partial charge in [-0.15, -0.1) is 24.8 Å². The monoisotopic (exact) mass is 208 g/mol. The minimum Gasteiger partial charge on any atom is -0.314 e. The van der Waals surface area contributed by atoms with Crippen LogP contribution in [0.1, 0.15) is 6.92 Å². The second kappa shape index (κ2) is 13.0. The van der Waals surface area contributed by atoms with Gasteiger partial charge in [0.25, 0.3) is 0 Å². The van der Waals surface area contributed by atoms with E-state index in [1.807, 2.05) is 6.92 Å². The van der Waals surface area contributed by atoms with Crippen molar-refractivity contribution in [3.63, 3.8) is 0 Å². The molecular weight excluding hydrogens is 194 g/mol. The van der Waals surface area contributed by atoms with Crippen molar-refractivity contribution in [3.05, 3.63) is 0 Å². The molecule has 1 unspecified atom stereocenters. The third-order valence-electron chi connectivity index (χ3n) is 0.893. The Morgan fingerprint density at radius 3 is 2.45 bits per heavy atom. The molecule has 0 aliphatic rings. The maximum absolute atomic E-state index is 12.3. The second-order valence-electron chi connectivity index (χ2n) is 1.74. The Morgan fingerprint density at radius 1 is 1.55 bits per heavy atom. The molecule has 0 aromatic rings. The molecule has 0 aromatic heterocycles. The average Bonchev–Trinajstić information content (AvgIpc) is 1.85. The molecule has 0 heterocycles. The van der Waals surface area contributed by atoms with E-state index in [2.05, 4.69) is 16.1 Å². The summed E-state index contributed by atoms with van der Waals surface area (Å²) in [6.45, 7) is 2.96. The van der Waals surface area contributed by atoms with E-state index in [-0.39, 0.29) is 31.4 Å². The van der Waals surface area contributed by atoms with Crippen LogP contribution in [0.5, 0.6) is 0 Å². The number of halogens is 3. The van der Waals surface area contributed by atoms with Crippen LogP contribution in [0.2, 0.25) is 0 Å². The van der Waals surface area contributed by atoms with Crippen molar-refractivity contribution < 1.29 is 9.23 Å². The molecule has 6 heteroatoms. The van der Waals surface area contributed by atoms with Gasteiger partial charge in [-0.2, -0.15) is 0 Å². The van der Waals surface area contributed by atoms with Crippen molar-refractivity contribution in [2.45, 2.75) is 13.1 Å². The van der Waals surface area contributed by atoms with Crippen molar-refractivity contribution in [2.24, 2.45) is 5.90 Å². The van der Waals surface area contributed by atoms with Gasteiger partial charge in [0, 0.05) is 6.54 Å². The summed E-state index contributed by atoms with van der Waals surface area (Å²) in [5.74, 6) is 4.63. The van der Waals surface area contributed by atoms with Crippen LogP contribution in [0, 0.1) is 0 Å². The van der Waals surface area contributed by atoms with E-state index >= 15 is 0 Å². The number of hydrogen-bond donors (Lipinski definition) is 2. The number of hydrogen-bond acceptors (Lipinski definition) is 3. The van der Waals surface area contributed by atoms with Crippen LogP contribution in [-0.2, 0) is 4.84 Å². The molecule has 0 rings (SSSR count). The third-order valence-corrected chi connectivity index (χ3v) is 0.893. The minimum atomic E-state index is -0.991. The Kier molecular flexibility index (Phi) is 20.7. The van der Waals surface area contributed by atoms with Gasteiger partial charge in [0.05, 0.1) is 0 Å². The van der Waals surface area contributed by atoms with Crippen LogP contribution in [0.15, 0.2) is 0 Å². The van der Waals surface area contributed by atoms with E-state index in [9.17, 15) is 4.39 Å². The molecule has 0 fully saturated rings. The lowest BCUT2D eigenvalue weighted by atomic mass is 10.4. The van der Waals surface area contributed by atoms with Crippen molar-refractivity contribution in [3.8, 4) is 0 Å². The van der Waals surface area contributed by atoms with Gasteiger partial charge in [-0.1, -0.05) is 6.92 Å². The van der Waals surface area contributed by atoms with Crippen LogP contribution in [-0.4, -0.2) is 25.9 Å². The number of nitrogens with one attached hydrogen (secondary N) is 1. The van der Waals surface area contributed by atoms with E-state index in [1.165, 1.54) is 0 Å². The smallest absolute Gasteiger partial charge is 0.138 e. The molecule has 0 saturated heterocycles. The molecular formula is C5H15Cl2FN2O. The first-order valence-corrected chi connectivity index (χ1v) is 2.97. The second-order valence-corrected chi connectivity index (χ2v) is 1.74. The summed E-state index contributed by atoms with van der Waals surface area (Å²) >= 11 is 0. The van der Waals surface area contributed by atoms with Gasteiger partial charge < -0.3 is 10.2 Å². The van der Waals surface area contributed by atoms with Gasteiger partial charge in [0.1, 0.15) is 12.8 Å². The fourth-order valence-corrected chi connectivity index (χ4v) is 0.464. The maximum Gasteiger partial charge on any atom is 0.138 e. The van der Waals surface area contributed by atoms with E-state index in [0.717, 1.165) is 6.54 Å². The molecule has 1 atom stereocenters. The summed E-state index contributed by atoms with van der Waals surface area (Å²) < 4.78 is 12.3. The highest BCUT2D eigenvalue weighted by Gasteiger charge is 2.02. The van der Waals surface area contributed by atoms with Crippen molar-refractivity contribution in [1.29, 1.82) is 0 Å². The van der Waals surface area contributed by atoms with Crippen molar-refractivity contribution in [1.82, 2.24) is 5.32 Å². The number of rotatable bonds is 5. The Labute approximate surface area is 78.6 Å². The fraction of sp³-hybridized carbons (Fsp3) is 1.00. The molecule has 0 aromatic carbocycles. The van der Waals surface area contributed by atoms with E-state index in [1.54, 1.807) is 0 Å². The largest absolute Gasteiger partial charge is 0.314 e. The van der Waals surface area contributed by atoms with Gasteiger partial charge >= 0.3 is 0 Å². The first-order chi connectivity index (χ1) is 4.31. The Morgan fingerprint density at radius 2 is 2.09 bits per heavy atom. The highest BCUT2D eigenvalue weighted by atomic mass is 35.5. The van der Waals surface area contributed by atoms with Gasteiger partial charge in [-0.25, -0.2) is 10.3 Å². The molecule has 0 spiro atoms. The van der Waals surface area contributed by atoms with E-state index < -0.39 is 6.17 Å². The lowest BCUT2D eigenvalue weighted by Crippen LogP contribution is -2.27. The number of nitrogens with two attached hydrogens (primary N) is 1. The van der Waals surface area contributed by atoms with E-state index in [4.69, 9.17) is 0 Å². The summed E-state index contributed by atoms with van der Waals surface area (Å²) in [5, 5.41) is 2.82. The van der Waals surface area contributed by atoms with Crippen LogP contribution < -0.4 is 11.2 Å². The molecule has 0 aliphatic carbocycles. The zero-order valence-corrected chi connectivity index (χ0v) is 8.01. The fourth-order valence-electron chi connectivity index (χ4n) is 0.464. The van der Waals surface area contributed by atoms with Gasteiger partial charge in [-0.05, 0) is 6.54 Å². The molecule has 3 nitrogen and oxygen atoms in total. The molecule has 0 amide bonds. The molecule has 0 bridgehead atoms. The molecule has 72 valence electrons. The lowest BCUT2D eigenvalue weighted by molar-refractivity contribution is 0.0816. The Hall–Kier alpha value is 0.390. The van der Waals surface area contributed by atoms with Crippen LogP contribution in [0.3, 0.4) is 0 Å². The van der Waals surface area contributed by atoms with E-state index in [0.29, 0.717) is 6.54 Å². The summed E-state index contributed by atoms with van der Waals surface area (Å²) in [6, 6.07) is 0. The van der Waals surface area contributed by atoms with Crippen LogP contribution >= 0.6 is 24.8 Å². The SMILES string of the molecule is CCNCC(F)CON.Cl.Cl. The van der Waals surface area contributed by atoms with Gasteiger partial charge in [0.15, 0.2) is 0 Å². The maximum atomic E-state index is 12.3. The third kappa shape index (κ3) is 13.4. The normalized spacial score (nSPS) is 11.2. The quantitative estimate of drug-likeness (QED) is 0.654. The summed E-state index contributed by atoms with van der Waals surface area (Å²) in [5.41, 5.74) is 0. The zero-order chi connectivity index (χ0) is 7.11. The highest BCUT2D eigenvalue weighted by Crippen LogP contribution is 1.86. The lowest BCUT2D eigenvalue weighted by Gasteiger charge is -2.05. The molecule has 11 heavy (non-hydrogen) atoms.